The summed E-state index contributed by atoms with van der Waals surface area (Å²) in [5.41, 5.74) is 6.87. The average molecular weight is 428 g/mol. The molecule has 1 amide bonds. The van der Waals surface area contributed by atoms with Crippen molar-refractivity contribution < 1.29 is 17.9 Å². The van der Waals surface area contributed by atoms with Gasteiger partial charge in [-0.1, -0.05) is 30.3 Å². The Labute approximate surface area is 172 Å². The highest BCUT2D eigenvalue weighted by atomic mass is 35.5. The highest BCUT2D eigenvalue weighted by Gasteiger charge is 2.22. The van der Waals surface area contributed by atoms with Crippen LogP contribution in [0.2, 0.25) is 0 Å². The summed E-state index contributed by atoms with van der Waals surface area (Å²) in [4.78, 5) is 14.6. The number of sulfonamides is 1. The number of halogens is 1. The number of carbonyl (C=O) groups excluding carboxylic acids is 1. The first-order valence-corrected chi connectivity index (χ1v) is 10.1. The van der Waals surface area contributed by atoms with Crippen molar-refractivity contribution in [2.24, 2.45) is 5.73 Å². The fourth-order valence-electron chi connectivity index (χ4n) is 2.65. The Morgan fingerprint density at radius 2 is 1.86 bits per heavy atom. The molecule has 0 saturated heterocycles. The van der Waals surface area contributed by atoms with Crippen molar-refractivity contribution in [3.63, 3.8) is 0 Å². The summed E-state index contributed by atoms with van der Waals surface area (Å²) in [5.74, 6) is -0.0834. The lowest BCUT2D eigenvalue weighted by atomic mass is 10.1. The second-order valence-corrected chi connectivity index (χ2v) is 7.78. The van der Waals surface area contributed by atoms with Crippen molar-refractivity contribution in [3.8, 4) is 5.75 Å². The van der Waals surface area contributed by atoms with Crippen molar-refractivity contribution in [2.45, 2.75) is 17.9 Å². The molecule has 0 aliphatic rings. The number of hydrogen-bond acceptors (Lipinski definition) is 5. The molecule has 2 aromatic carbocycles. The molecule has 7 nitrogen and oxygen atoms in total. The van der Waals surface area contributed by atoms with Gasteiger partial charge in [0.25, 0.3) is 5.91 Å². The topological polar surface area (TPSA) is 102 Å². The van der Waals surface area contributed by atoms with Gasteiger partial charge < -0.3 is 15.4 Å². The van der Waals surface area contributed by atoms with Gasteiger partial charge >= 0.3 is 0 Å². The van der Waals surface area contributed by atoms with E-state index in [0.29, 0.717) is 26.1 Å². The van der Waals surface area contributed by atoms with Crippen LogP contribution in [-0.2, 0) is 16.6 Å². The van der Waals surface area contributed by atoms with Crippen LogP contribution >= 0.6 is 12.4 Å². The second-order valence-electron chi connectivity index (χ2n) is 5.93. The lowest BCUT2D eigenvalue weighted by Crippen LogP contribution is -2.32. The van der Waals surface area contributed by atoms with Crippen molar-refractivity contribution in [1.29, 1.82) is 0 Å². The van der Waals surface area contributed by atoms with Gasteiger partial charge in [-0.25, -0.2) is 13.1 Å². The number of nitrogens with zero attached hydrogens (tertiary/aromatic N) is 1. The molecule has 0 heterocycles. The summed E-state index contributed by atoms with van der Waals surface area (Å²) < 4.78 is 31.9. The zero-order chi connectivity index (χ0) is 19.9. The van der Waals surface area contributed by atoms with Crippen LogP contribution in [0.25, 0.3) is 0 Å². The molecule has 0 bridgehead atoms. The smallest absolute Gasteiger partial charge is 0.254 e. The number of carbonyl (C=O) groups is 1. The number of methoxy groups -OCH3 is 1. The lowest BCUT2D eigenvalue weighted by Gasteiger charge is -2.23. The van der Waals surface area contributed by atoms with Gasteiger partial charge in [0.1, 0.15) is 10.6 Å². The van der Waals surface area contributed by atoms with Crippen LogP contribution in [0.1, 0.15) is 22.3 Å². The summed E-state index contributed by atoms with van der Waals surface area (Å²) in [7, 11) is -1.07. The summed E-state index contributed by atoms with van der Waals surface area (Å²) >= 11 is 0. The molecule has 9 heteroatoms. The number of ether oxygens (including phenoxy) is 1. The highest BCUT2D eigenvalue weighted by Crippen LogP contribution is 2.25. The first-order valence-electron chi connectivity index (χ1n) is 8.57. The lowest BCUT2D eigenvalue weighted by molar-refractivity contribution is 0.0742. The number of amides is 1. The number of rotatable bonds is 9. The van der Waals surface area contributed by atoms with Crippen LogP contribution in [0.3, 0.4) is 0 Å². The predicted octanol–water partition coefficient (Wildman–Crippen LogP) is 2.02. The van der Waals surface area contributed by atoms with E-state index in [0.717, 1.165) is 5.56 Å². The second kappa shape index (κ2) is 11.0. The third-order valence-corrected chi connectivity index (χ3v) is 5.54. The minimum atomic E-state index is -3.76. The Morgan fingerprint density at radius 3 is 2.43 bits per heavy atom. The summed E-state index contributed by atoms with van der Waals surface area (Å²) in [5, 5.41) is 0. The maximum atomic E-state index is 13.1. The molecule has 0 radical (unpaired) electrons. The van der Waals surface area contributed by atoms with Crippen LogP contribution in [0.4, 0.5) is 0 Å². The Bertz CT molecular complexity index is 876. The summed E-state index contributed by atoms with van der Waals surface area (Å²) in [6, 6.07) is 14.0. The van der Waals surface area contributed by atoms with Crippen molar-refractivity contribution in [2.75, 3.05) is 27.2 Å². The third-order valence-electron chi connectivity index (χ3n) is 4.10. The molecule has 0 fully saturated rings. The van der Waals surface area contributed by atoms with Crippen LogP contribution in [-0.4, -0.2) is 46.5 Å². The Hall–Kier alpha value is -2.13. The molecule has 2 rings (SSSR count). The molecule has 0 aliphatic carbocycles. The van der Waals surface area contributed by atoms with Gasteiger partial charge in [-0.05, 0) is 43.8 Å². The number of benzene rings is 2. The van der Waals surface area contributed by atoms with Crippen LogP contribution in [0, 0.1) is 0 Å². The molecule has 0 saturated carbocycles. The molecule has 0 spiro atoms. The number of nitrogens with two attached hydrogens (primary N) is 1. The Morgan fingerprint density at radius 1 is 1.18 bits per heavy atom. The van der Waals surface area contributed by atoms with Gasteiger partial charge in [0, 0.05) is 18.7 Å². The monoisotopic (exact) mass is 427 g/mol. The standard InChI is InChI=1S/C19H25N3O4S.ClH/c1-21-27(24,25)18-13-16(9-10-17(18)26-2)19(23)22(12-6-11-20)14-15-7-4-3-5-8-15;/h3-5,7-10,13,21H,6,11-12,14,20H2,1-2H3;1H. The van der Waals surface area contributed by atoms with E-state index >= 15 is 0 Å². The zero-order valence-electron chi connectivity index (χ0n) is 15.9. The molecule has 154 valence electrons. The average Bonchev–Trinajstić information content (AvgIpc) is 2.70. The predicted molar refractivity (Wildman–Crippen MR) is 111 cm³/mol. The zero-order valence-corrected chi connectivity index (χ0v) is 17.6. The molecule has 0 atom stereocenters. The summed E-state index contributed by atoms with van der Waals surface area (Å²) in [6.07, 6.45) is 0.649. The molecule has 0 unspecified atom stereocenters. The molecular weight excluding hydrogens is 402 g/mol. The Kier molecular flexibility index (Phi) is 9.40. The van der Waals surface area contributed by atoms with Gasteiger partial charge in [0.2, 0.25) is 10.0 Å². The fourth-order valence-corrected chi connectivity index (χ4v) is 3.57. The van der Waals surface area contributed by atoms with Crippen LogP contribution in [0.15, 0.2) is 53.4 Å². The molecule has 28 heavy (non-hydrogen) atoms. The van der Waals surface area contributed by atoms with Gasteiger partial charge in [0.15, 0.2) is 0 Å². The van der Waals surface area contributed by atoms with Gasteiger partial charge in [-0.2, -0.15) is 0 Å². The van der Waals surface area contributed by atoms with E-state index in [4.69, 9.17) is 10.5 Å². The minimum Gasteiger partial charge on any atom is -0.495 e. The van der Waals surface area contributed by atoms with E-state index in [1.54, 1.807) is 11.0 Å². The fraction of sp³-hybridized carbons (Fsp3) is 0.316. The Balaban J connectivity index is 0.00000392. The molecule has 0 aliphatic heterocycles. The van der Waals surface area contributed by atoms with E-state index in [-0.39, 0.29) is 34.5 Å². The molecule has 3 N–H and O–H groups in total. The van der Waals surface area contributed by atoms with Crippen molar-refractivity contribution in [3.05, 3.63) is 59.7 Å². The quantitative estimate of drug-likeness (QED) is 0.637. The minimum absolute atomic E-state index is 0. The van der Waals surface area contributed by atoms with Gasteiger partial charge in [-0.15, -0.1) is 12.4 Å². The van der Waals surface area contributed by atoms with E-state index in [1.165, 1.54) is 26.3 Å². The van der Waals surface area contributed by atoms with Crippen molar-refractivity contribution >= 4 is 28.3 Å². The number of nitrogens with one attached hydrogen (secondary N) is 1. The SMILES string of the molecule is CNS(=O)(=O)c1cc(C(=O)N(CCCN)Cc2ccccc2)ccc1OC.Cl. The van der Waals surface area contributed by atoms with Gasteiger partial charge in [-0.3, -0.25) is 4.79 Å². The molecule has 0 aromatic heterocycles. The maximum Gasteiger partial charge on any atom is 0.254 e. The van der Waals surface area contributed by atoms with E-state index in [2.05, 4.69) is 4.72 Å². The highest BCUT2D eigenvalue weighted by molar-refractivity contribution is 7.89. The van der Waals surface area contributed by atoms with E-state index in [9.17, 15) is 13.2 Å². The normalized spacial score (nSPS) is 10.8. The van der Waals surface area contributed by atoms with Gasteiger partial charge in [0.05, 0.1) is 7.11 Å². The third kappa shape index (κ3) is 5.93. The van der Waals surface area contributed by atoms with E-state index in [1.807, 2.05) is 30.3 Å². The largest absolute Gasteiger partial charge is 0.495 e. The summed E-state index contributed by atoms with van der Waals surface area (Å²) in [6.45, 7) is 1.35. The van der Waals surface area contributed by atoms with E-state index < -0.39 is 10.0 Å². The number of hydrogen-bond donors (Lipinski definition) is 2. The molecular formula is C19H26ClN3O4S. The molecule has 2 aromatic rings. The maximum absolute atomic E-state index is 13.1. The van der Waals surface area contributed by atoms with Crippen molar-refractivity contribution in [1.82, 2.24) is 9.62 Å². The first-order chi connectivity index (χ1) is 12.9. The first kappa shape index (κ1) is 23.9. The van der Waals surface area contributed by atoms with Crippen LogP contribution in [0.5, 0.6) is 5.75 Å². The van der Waals surface area contributed by atoms with Crippen LogP contribution < -0.4 is 15.2 Å².